The Morgan fingerprint density at radius 2 is 1.96 bits per heavy atom. The number of benzene rings is 2. The quantitative estimate of drug-likeness (QED) is 0.709. The van der Waals surface area contributed by atoms with E-state index in [0.717, 1.165) is 11.3 Å². The number of carbonyl (C=O) groups is 2. The van der Waals surface area contributed by atoms with Gasteiger partial charge in [-0.3, -0.25) is 9.69 Å². The molecule has 6 heteroatoms. The van der Waals surface area contributed by atoms with Crippen LogP contribution in [0.3, 0.4) is 0 Å². The molecule has 0 radical (unpaired) electrons. The Kier molecular flexibility index (Phi) is 4.16. The highest BCUT2D eigenvalue weighted by atomic mass is 16.5. The smallest absolute Gasteiger partial charge is 0.374 e. The highest BCUT2D eigenvalue weighted by Gasteiger charge is 2.37. The molecular formula is C21H18N2O4. The molecule has 1 aromatic heterocycles. The van der Waals surface area contributed by atoms with Crippen molar-refractivity contribution >= 4 is 23.3 Å². The molecule has 3 aromatic rings. The maximum absolute atomic E-state index is 13.3. The number of nitrogens with zero attached hydrogens (tertiary/aromatic N) is 1. The van der Waals surface area contributed by atoms with E-state index in [0.29, 0.717) is 16.8 Å². The third-order valence-electron chi connectivity index (χ3n) is 4.57. The molecule has 0 saturated heterocycles. The SMILES string of the molecule is COC(=O)c1occc1[C@H]1Nc2ccccc2C(=O)N1c1cccc(C)c1. The molecular weight excluding hydrogens is 344 g/mol. The Labute approximate surface area is 156 Å². The van der Waals surface area contributed by atoms with Gasteiger partial charge in [0, 0.05) is 16.9 Å². The van der Waals surface area contributed by atoms with E-state index in [9.17, 15) is 9.59 Å². The number of methoxy groups -OCH3 is 1. The summed E-state index contributed by atoms with van der Waals surface area (Å²) in [5, 5.41) is 3.35. The fraction of sp³-hybridized carbons (Fsp3) is 0.143. The van der Waals surface area contributed by atoms with Crippen molar-refractivity contribution in [1.29, 1.82) is 0 Å². The number of para-hydroxylation sites is 1. The average molecular weight is 362 g/mol. The summed E-state index contributed by atoms with van der Waals surface area (Å²) in [7, 11) is 1.29. The fourth-order valence-corrected chi connectivity index (χ4v) is 3.31. The van der Waals surface area contributed by atoms with Crippen LogP contribution in [0.2, 0.25) is 0 Å². The lowest BCUT2D eigenvalue weighted by Crippen LogP contribution is -2.43. The third kappa shape index (κ3) is 2.85. The Bertz CT molecular complexity index is 1020. The summed E-state index contributed by atoms with van der Waals surface area (Å²) in [5.41, 5.74) is 3.56. The molecule has 2 heterocycles. The normalized spacial score (nSPS) is 15.9. The number of esters is 1. The lowest BCUT2D eigenvalue weighted by atomic mass is 10.0. The maximum atomic E-state index is 13.3. The van der Waals surface area contributed by atoms with Gasteiger partial charge in [-0.1, -0.05) is 24.3 Å². The Morgan fingerprint density at radius 3 is 2.74 bits per heavy atom. The van der Waals surface area contributed by atoms with E-state index in [2.05, 4.69) is 5.32 Å². The number of hydrogen-bond acceptors (Lipinski definition) is 5. The van der Waals surface area contributed by atoms with E-state index >= 15 is 0 Å². The third-order valence-corrected chi connectivity index (χ3v) is 4.57. The average Bonchev–Trinajstić information content (AvgIpc) is 3.17. The molecule has 0 bridgehead atoms. The van der Waals surface area contributed by atoms with E-state index in [1.807, 2.05) is 49.4 Å². The largest absolute Gasteiger partial charge is 0.463 e. The van der Waals surface area contributed by atoms with E-state index in [1.54, 1.807) is 17.0 Å². The van der Waals surface area contributed by atoms with Gasteiger partial charge in [0.15, 0.2) is 0 Å². The van der Waals surface area contributed by atoms with Crippen molar-refractivity contribution in [3.05, 3.63) is 83.3 Å². The Morgan fingerprint density at radius 1 is 1.15 bits per heavy atom. The lowest BCUT2D eigenvalue weighted by Gasteiger charge is -2.37. The van der Waals surface area contributed by atoms with Gasteiger partial charge in [0.1, 0.15) is 6.17 Å². The number of ether oxygens (including phenoxy) is 1. The van der Waals surface area contributed by atoms with Gasteiger partial charge in [0.25, 0.3) is 5.91 Å². The van der Waals surface area contributed by atoms with Crippen molar-refractivity contribution in [2.24, 2.45) is 0 Å². The van der Waals surface area contributed by atoms with Crippen LogP contribution in [0.5, 0.6) is 0 Å². The van der Waals surface area contributed by atoms with E-state index < -0.39 is 12.1 Å². The number of nitrogens with one attached hydrogen (secondary N) is 1. The summed E-state index contributed by atoms with van der Waals surface area (Å²) in [6.07, 6.45) is 0.810. The van der Waals surface area contributed by atoms with Crippen LogP contribution in [0.25, 0.3) is 0 Å². The van der Waals surface area contributed by atoms with Gasteiger partial charge in [-0.2, -0.15) is 0 Å². The maximum Gasteiger partial charge on any atom is 0.374 e. The molecule has 136 valence electrons. The fourth-order valence-electron chi connectivity index (χ4n) is 3.31. The number of anilines is 2. The molecule has 1 amide bonds. The summed E-state index contributed by atoms with van der Waals surface area (Å²) in [6, 6.07) is 16.6. The number of aryl methyl sites for hydroxylation is 1. The van der Waals surface area contributed by atoms with E-state index in [-0.39, 0.29) is 11.7 Å². The van der Waals surface area contributed by atoms with Gasteiger partial charge in [0.05, 0.1) is 18.9 Å². The van der Waals surface area contributed by atoms with Crippen LogP contribution in [0.15, 0.2) is 65.3 Å². The number of carbonyl (C=O) groups excluding carboxylic acids is 2. The first kappa shape index (κ1) is 16.9. The van der Waals surface area contributed by atoms with Gasteiger partial charge in [-0.05, 0) is 42.8 Å². The van der Waals surface area contributed by atoms with Crippen LogP contribution in [0, 0.1) is 6.92 Å². The van der Waals surface area contributed by atoms with Crippen molar-refractivity contribution in [1.82, 2.24) is 0 Å². The molecule has 4 rings (SSSR count). The molecule has 0 aliphatic carbocycles. The van der Waals surface area contributed by atoms with Crippen molar-refractivity contribution in [2.45, 2.75) is 13.1 Å². The second-order valence-corrected chi connectivity index (χ2v) is 6.30. The van der Waals surface area contributed by atoms with Crippen LogP contribution in [-0.4, -0.2) is 19.0 Å². The van der Waals surface area contributed by atoms with E-state index in [1.165, 1.54) is 13.4 Å². The molecule has 27 heavy (non-hydrogen) atoms. The molecule has 0 spiro atoms. The zero-order valence-electron chi connectivity index (χ0n) is 14.9. The van der Waals surface area contributed by atoms with Gasteiger partial charge in [-0.25, -0.2) is 4.79 Å². The van der Waals surface area contributed by atoms with Crippen molar-refractivity contribution in [3.63, 3.8) is 0 Å². The highest BCUT2D eigenvalue weighted by Crippen LogP contribution is 2.38. The van der Waals surface area contributed by atoms with Crippen LogP contribution in [0.1, 0.15) is 38.2 Å². The number of hydrogen-bond donors (Lipinski definition) is 1. The molecule has 2 aromatic carbocycles. The first-order chi connectivity index (χ1) is 13.1. The second-order valence-electron chi connectivity index (χ2n) is 6.30. The highest BCUT2D eigenvalue weighted by molar-refractivity contribution is 6.12. The molecule has 1 aliphatic rings. The molecule has 1 atom stereocenters. The van der Waals surface area contributed by atoms with Gasteiger partial charge >= 0.3 is 5.97 Å². The minimum atomic E-state index is -0.609. The molecule has 0 fully saturated rings. The summed E-state index contributed by atoms with van der Waals surface area (Å²) < 4.78 is 10.2. The minimum absolute atomic E-state index is 0.0693. The molecule has 0 unspecified atom stereocenters. The van der Waals surface area contributed by atoms with Crippen molar-refractivity contribution < 1.29 is 18.7 Å². The van der Waals surface area contributed by atoms with Crippen molar-refractivity contribution in [3.8, 4) is 0 Å². The topological polar surface area (TPSA) is 71.8 Å². The van der Waals surface area contributed by atoms with Crippen LogP contribution in [0.4, 0.5) is 11.4 Å². The Hall–Kier alpha value is -3.54. The lowest BCUT2D eigenvalue weighted by molar-refractivity contribution is 0.0562. The van der Waals surface area contributed by atoms with Gasteiger partial charge in [-0.15, -0.1) is 0 Å². The standard InChI is InChI=1S/C21H18N2O4/c1-13-6-5-7-14(12-13)23-19(16-10-11-27-18(16)21(25)26-2)22-17-9-4-3-8-15(17)20(23)24/h3-12,19,22H,1-2H3/t19-/m0/s1. The zero-order valence-corrected chi connectivity index (χ0v) is 14.9. The monoisotopic (exact) mass is 362 g/mol. The Balaban J connectivity index is 1.89. The number of furan rings is 1. The molecule has 1 N–H and O–H groups in total. The number of fused-ring (bicyclic) bond motifs is 1. The summed E-state index contributed by atoms with van der Waals surface area (Å²) in [4.78, 5) is 27.1. The molecule has 6 nitrogen and oxygen atoms in total. The van der Waals surface area contributed by atoms with E-state index in [4.69, 9.17) is 9.15 Å². The first-order valence-corrected chi connectivity index (χ1v) is 8.51. The van der Waals surface area contributed by atoms with Crippen LogP contribution >= 0.6 is 0 Å². The minimum Gasteiger partial charge on any atom is -0.463 e. The predicted molar refractivity (Wildman–Crippen MR) is 101 cm³/mol. The summed E-state index contributed by atoms with van der Waals surface area (Å²) in [5.74, 6) is -0.677. The van der Waals surface area contributed by atoms with Crippen molar-refractivity contribution in [2.75, 3.05) is 17.3 Å². The molecule has 0 saturated carbocycles. The summed E-state index contributed by atoms with van der Waals surface area (Å²) >= 11 is 0. The van der Waals surface area contributed by atoms with Gasteiger partial charge in [0.2, 0.25) is 5.76 Å². The first-order valence-electron chi connectivity index (χ1n) is 8.51. The predicted octanol–water partition coefficient (Wildman–Crippen LogP) is 4.15. The number of rotatable bonds is 3. The zero-order chi connectivity index (χ0) is 19.0. The van der Waals surface area contributed by atoms with Gasteiger partial charge < -0.3 is 14.5 Å². The van der Waals surface area contributed by atoms with Crippen LogP contribution in [-0.2, 0) is 4.74 Å². The number of amides is 1. The van der Waals surface area contributed by atoms with Crippen LogP contribution < -0.4 is 10.2 Å². The summed E-state index contributed by atoms with van der Waals surface area (Å²) in [6.45, 7) is 1.96. The molecule has 1 aliphatic heterocycles. The second kappa shape index (κ2) is 6.64.